The molecule has 0 fully saturated rings. The van der Waals surface area contributed by atoms with Gasteiger partial charge in [-0.15, -0.1) is 0 Å². The fourth-order valence-electron chi connectivity index (χ4n) is 1.92. The fraction of sp³-hybridized carbons (Fsp3) is 0.533. The summed E-state index contributed by atoms with van der Waals surface area (Å²) in [5.74, 6) is -0.883. The smallest absolute Gasteiger partial charge is 0.241 e. The summed E-state index contributed by atoms with van der Waals surface area (Å²) in [4.78, 5) is 14.0. The van der Waals surface area contributed by atoms with E-state index in [9.17, 15) is 17.6 Å². The summed E-state index contributed by atoms with van der Waals surface area (Å²) in [5, 5.41) is 2.72. The second kappa shape index (κ2) is 8.95. The molecule has 6 nitrogen and oxygen atoms in total. The molecule has 23 heavy (non-hydrogen) atoms. The van der Waals surface area contributed by atoms with Crippen LogP contribution in [-0.4, -0.2) is 52.5 Å². The predicted molar refractivity (Wildman–Crippen MR) is 87.0 cm³/mol. The molecular weight excluding hydrogens is 321 g/mol. The molecule has 1 aromatic carbocycles. The SMILES string of the molecule is CCC(NS(=O)(=O)c1ccc(F)cc1)C(=O)NCCCN(C)C. The van der Waals surface area contributed by atoms with Gasteiger partial charge in [-0.2, -0.15) is 4.72 Å². The van der Waals surface area contributed by atoms with E-state index in [4.69, 9.17) is 0 Å². The summed E-state index contributed by atoms with van der Waals surface area (Å²) in [7, 11) is 0.0128. The van der Waals surface area contributed by atoms with E-state index >= 15 is 0 Å². The van der Waals surface area contributed by atoms with Gasteiger partial charge in [0.2, 0.25) is 15.9 Å². The number of nitrogens with one attached hydrogen (secondary N) is 2. The summed E-state index contributed by atoms with van der Waals surface area (Å²) in [5.41, 5.74) is 0. The molecule has 0 spiro atoms. The predicted octanol–water partition coefficient (Wildman–Crippen LogP) is 0.950. The molecule has 1 rings (SSSR count). The van der Waals surface area contributed by atoms with Gasteiger partial charge in [0.1, 0.15) is 11.9 Å². The minimum atomic E-state index is -3.86. The maximum absolute atomic E-state index is 12.9. The van der Waals surface area contributed by atoms with Gasteiger partial charge in [-0.3, -0.25) is 4.79 Å². The van der Waals surface area contributed by atoms with Gasteiger partial charge in [-0.25, -0.2) is 12.8 Å². The van der Waals surface area contributed by atoms with Crippen LogP contribution in [0, 0.1) is 5.82 Å². The standard InChI is InChI=1S/C15H24FN3O3S/c1-4-14(15(20)17-10-5-11-19(2)3)18-23(21,22)13-8-6-12(16)7-9-13/h6-9,14,18H,4-5,10-11H2,1-3H3,(H,17,20). The zero-order valence-electron chi connectivity index (χ0n) is 13.7. The fourth-order valence-corrected chi connectivity index (χ4v) is 3.20. The lowest BCUT2D eigenvalue weighted by Gasteiger charge is -2.17. The summed E-state index contributed by atoms with van der Waals surface area (Å²) in [6, 6.07) is 3.61. The lowest BCUT2D eigenvalue weighted by atomic mass is 10.2. The Hall–Kier alpha value is -1.51. The number of carbonyl (C=O) groups is 1. The van der Waals surface area contributed by atoms with Gasteiger partial charge >= 0.3 is 0 Å². The van der Waals surface area contributed by atoms with Gasteiger partial charge in [-0.1, -0.05) is 6.92 Å². The summed E-state index contributed by atoms with van der Waals surface area (Å²) >= 11 is 0. The number of rotatable bonds is 9. The van der Waals surface area contributed by atoms with Crippen LogP contribution in [0.2, 0.25) is 0 Å². The molecule has 2 N–H and O–H groups in total. The number of nitrogens with zero attached hydrogens (tertiary/aromatic N) is 1. The van der Waals surface area contributed by atoms with Crippen LogP contribution >= 0.6 is 0 Å². The average Bonchev–Trinajstić information content (AvgIpc) is 2.49. The Labute approximate surface area is 137 Å². The Morgan fingerprint density at radius 1 is 1.26 bits per heavy atom. The number of halogens is 1. The van der Waals surface area contributed by atoms with Crippen LogP contribution < -0.4 is 10.0 Å². The minimum absolute atomic E-state index is 0.0715. The quantitative estimate of drug-likeness (QED) is 0.653. The van der Waals surface area contributed by atoms with Crippen molar-refractivity contribution >= 4 is 15.9 Å². The highest BCUT2D eigenvalue weighted by molar-refractivity contribution is 7.89. The number of benzene rings is 1. The van der Waals surface area contributed by atoms with E-state index in [2.05, 4.69) is 10.0 Å². The molecule has 8 heteroatoms. The van der Waals surface area contributed by atoms with Gasteiger partial charge in [-0.05, 0) is 57.7 Å². The Kier molecular flexibility index (Phi) is 7.60. The van der Waals surface area contributed by atoms with Crippen LogP contribution in [0.15, 0.2) is 29.2 Å². The molecule has 1 aromatic rings. The van der Waals surface area contributed by atoms with E-state index in [1.54, 1.807) is 6.92 Å². The van der Waals surface area contributed by atoms with Crippen molar-refractivity contribution in [2.45, 2.75) is 30.7 Å². The number of carbonyl (C=O) groups excluding carboxylic acids is 1. The molecule has 1 unspecified atom stereocenters. The van der Waals surface area contributed by atoms with E-state index < -0.39 is 21.9 Å². The van der Waals surface area contributed by atoms with Gasteiger partial charge in [0.05, 0.1) is 4.90 Å². The molecule has 0 heterocycles. The average molecular weight is 345 g/mol. The van der Waals surface area contributed by atoms with Crippen LogP contribution in [0.4, 0.5) is 4.39 Å². The molecule has 0 bridgehead atoms. The van der Waals surface area contributed by atoms with E-state index in [1.807, 2.05) is 19.0 Å². The highest BCUT2D eigenvalue weighted by atomic mass is 32.2. The van der Waals surface area contributed by atoms with E-state index in [0.29, 0.717) is 13.0 Å². The second-order valence-corrected chi connectivity index (χ2v) is 7.20. The first-order valence-corrected chi connectivity index (χ1v) is 8.95. The van der Waals surface area contributed by atoms with Crippen LogP contribution in [0.3, 0.4) is 0 Å². The highest BCUT2D eigenvalue weighted by Gasteiger charge is 2.24. The first kappa shape index (κ1) is 19.5. The Bertz CT molecular complexity index is 603. The topological polar surface area (TPSA) is 78.5 Å². The second-order valence-electron chi connectivity index (χ2n) is 5.48. The first-order valence-electron chi connectivity index (χ1n) is 7.46. The van der Waals surface area contributed by atoms with Crippen molar-refractivity contribution in [2.75, 3.05) is 27.2 Å². The van der Waals surface area contributed by atoms with Gasteiger partial charge in [0, 0.05) is 6.54 Å². The Morgan fingerprint density at radius 3 is 2.39 bits per heavy atom. The molecule has 0 saturated carbocycles. The molecule has 1 amide bonds. The monoisotopic (exact) mass is 345 g/mol. The van der Waals surface area contributed by atoms with Gasteiger partial charge in [0.15, 0.2) is 0 Å². The van der Waals surface area contributed by atoms with Crippen LogP contribution in [0.1, 0.15) is 19.8 Å². The van der Waals surface area contributed by atoms with Crippen molar-refractivity contribution in [3.05, 3.63) is 30.1 Å². The summed E-state index contributed by atoms with van der Waals surface area (Å²) in [6.07, 6.45) is 1.10. The molecule has 0 aromatic heterocycles. The lowest BCUT2D eigenvalue weighted by Crippen LogP contribution is -2.46. The number of hydrogen-bond acceptors (Lipinski definition) is 4. The zero-order chi connectivity index (χ0) is 17.5. The summed E-state index contributed by atoms with van der Waals surface area (Å²) in [6.45, 7) is 3.03. The minimum Gasteiger partial charge on any atom is -0.355 e. The third-order valence-electron chi connectivity index (χ3n) is 3.23. The molecule has 0 radical (unpaired) electrons. The normalized spacial score (nSPS) is 13.1. The Balaban J connectivity index is 2.63. The van der Waals surface area contributed by atoms with Crippen LogP contribution in [0.5, 0.6) is 0 Å². The van der Waals surface area contributed by atoms with Crippen LogP contribution in [-0.2, 0) is 14.8 Å². The molecule has 0 aliphatic heterocycles. The Morgan fingerprint density at radius 2 is 1.87 bits per heavy atom. The van der Waals surface area contributed by atoms with E-state index in [-0.39, 0.29) is 10.8 Å². The third-order valence-corrected chi connectivity index (χ3v) is 4.72. The van der Waals surface area contributed by atoms with Crippen molar-refractivity contribution in [3.63, 3.8) is 0 Å². The summed E-state index contributed by atoms with van der Waals surface area (Å²) < 4.78 is 39.7. The number of sulfonamides is 1. The van der Waals surface area contributed by atoms with Crippen molar-refractivity contribution in [2.24, 2.45) is 0 Å². The number of hydrogen-bond donors (Lipinski definition) is 2. The maximum Gasteiger partial charge on any atom is 0.241 e. The van der Waals surface area contributed by atoms with E-state index in [0.717, 1.165) is 25.1 Å². The molecule has 0 aliphatic carbocycles. The largest absolute Gasteiger partial charge is 0.355 e. The van der Waals surface area contributed by atoms with Crippen molar-refractivity contribution in [3.8, 4) is 0 Å². The van der Waals surface area contributed by atoms with Crippen molar-refractivity contribution in [1.82, 2.24) is 14.9 Å². The number of amides is 1. The van der Waals surface area contributed by atoms with Crippen molar-refractivity contribution in [1.29, 1.82) is 0 Å². The van der Waals surface area contributed by atoms with Gasteiger partial charge in [0.25, 0.3) is 0 Å². The third kappa shape index (κ3) is 6.64. The molecule has 0 aliphatic rings. The first-order chi connectivity index (χ1) is 10.8. The molecule has 1 atom stereocenters. The lowest BCUT2D eigenvalue weighted by molar-refractivity contribution is -0.122. The zero-order valence-corrected chi connectivity index (χ0v) is 14.5. The maximum atomic E-state index is 12.9. The molecular formula is C15H24FN3O3S. The van der Waals surface area contributed by atoms with Crippen molar-refractivity contribution < 1.29 is 17.6 Å². The molecule has 130 valence electrons. The van der Waals surface area contributed by atoms with Crippen LogP contribution in [0.25, 0.3) is 0 Å². The molecule has 0 saturated heterocycles. The van der Waals surface area contributed by atoms with E-state index in [1.165, 1.54) is 12.1 Å². The highest BCUT2D eigenvalue weighted by Crippen LogP contribution is 2.11. The van der Waals surface area contributed by atoms with Gasteiger partial charge < -0.3 is 10.2 Å².